The van der Waals surface area contributed by atoms with Gasteiger partial charge in [0, 0.05) is 29.9 Å². The van der Waals surface area contributed by atoms with E-state index in [1.54, 1.807) is 24.4 Å². The summed E-state index contributed by atoms with van der Waals surface area (Å²) < 4.78 is 16.4. The third-order valence-corrected chi connectivity index (χ3v) is 4.89. The first-order valence-corrected chi connectivity index (χ1v) is 10.1. The van der Waals surface area contributed by atoms with Crippen LogP contribution in [0.2, 0.25) is 0 Å². The van der Waals surface area contributed by atoms with Gasteiger partial charge in [0.1, 0.15) is 5.75 Å². The topological polar surface area (TPSA) is 82.6 Å². The number of amides is 1. The Morgan fingerprint density at radius 3 is 2.59 bits per heavy atom. The normalized spacial score (nSPS) is 11.8. The van der Waals surface area contributed by atoms with Gasteiger partial charge in [-0.15, -0.1) is 0 Å². The quantitative estimate of drug-likeness (QED) is 0.486. The van der Waals surface area contributed by atoms with Crippen molar-refractivity contribution >= 4 is 5.91 Å². The molecule has 0 aliphatic carbocycles. The summed E-state index contributed by atoms with van der Waals surface area (Å²) >= 11 is 0. The van der Waals surface area contributed by atoms with E-state index in [0.717, 1.165) is 16.9 Å². The summed E-state index contributed by atoms with van der Waals surface area (Å²) in [6, 6.07) is 23.9. The Hall–Kier alpha value is -4.39. The number of fused-ring (bicyclic) bond motifs is 1. The van der Waals surface area contributed by atoms with Crippen molar-refractivity contribution in [1.82, 2.24) is 15.3 Å². The molecule has 0 unspecified atom stereocenters. The van der Waals surface area contributed by atoms with Crippen molar-refractivity contribution in [3.8, 4) is 34.5 Å². The van der Waals surface area contributed by atoms with E-state index in [2.05, 4.69) is 15.3 Å². The number of aromatic nitrogens is 2. The molecule has 1 aromatic heterocycles. The standard InChI is InChI=1S/C25H19N3O4/c29-25(27-15-17-6-11-21-22(14-17)31-16-30-21)19-9-7-18(8-10-19)24-26-13-12-23(28-24)32-20-4-2-1-3-5-20/h1-14H,15-16H2,(H,27,29). The summed E-state index contributed by atoms with van der Waals surface area (Å²) in [6.07, 6.45) is 1.65. The minimum Gasteiger partial charge on any atom is -0.454 e. The van der Waals surface area contributed by atoms with Gasteiger partial charge in [-0.3, -0.25) is 4.79 Å². The van der Waals surface area contributed by atoms with Crippen molar-refractivity contribution < 1.29 is 19.0 Å². The number of hydrogen-bond donors (Lipinski definition) is 1. The molecule has 0 radical (unpaired) electrons. The first-order valence-electron chi connectivity index (χ1n) is 10.1. The van der Waals surface area contributed by atoms with Crippen molar-refractivity contribution in [3.63, 3.8) is 0 Å². The van der Waals surface area contributed by atoms with E-state index < -0.39 is 0 Å². The lowest BCUT2D eigenvalue weighted by atomic mass is 10.1. The van der Waals surface area contributed by atoms with Crippen LogP contribution in [0.1, 0.15) is 15.9 Å². The van der Waals surface area contributed by atoms with E-state index in [9.17, 15) is 4.79 Å². The van der Waals surface area contributed by atoms with E-state index in [0.29, 0.717) is 35.3 Å². The molecule has 5 rings (SSSR count). The van der Waals surface area contributed by atoms with Gasteiger partial charge in [0.05, 0.1) is 0 Å². The Morgan fingerprint density at radius 1 is 0.938 bits per heavy atom. The van der Waals surface area contributed by atoms with Crippen LogP contribution in [0.25, 0.3) is 11.4 Å². The number of benzene rings is 3. The van der Waals surface area contributed by atoms with Gasteiger partial charge >= 0.3 is 0 Å². The summed E-state index contributed by atoms with van der Waals surface area (Å²) in [6.45, 7) is 0.613. The van der Waals surface area contributed by atoms with Crippen LogP contribution >= 0.6 is 0 Å². The van der Waals surface area contributed by atoms with Gasteiger partial charge in [0.15, 0.2) is 17.3 Å². The predicted molar refractivity (Wildman–Crippen MR) is 118 cm³/mol. The number of hydrogen-bond acceptors (Lipinski definition) is 6. The van der Waals surface area contributed by atoms with Crippen LogP contribution in [-0.2, 0) is 6.54 Å². The largest absolute Gasteiger partial charge is 0.454 e. The van der Waals surface area contributed by atoms with E-state index in [4.69, 9.17) is 14.2 Å². The molecule has 0 bridgehead atoms. The first-order chi connectivity index (χ1) is 15.7. The smallest absolute Gasteiger partial charge is 0.251 e. The fourth-order valence-electron chi connectivity index (χ4n) is 3.25. The molecule has 1 aliphatic rings. The molecule has 2 heterocycles. The van der Waals surface area contributed by atoms with E-state index in [-0.39, 0.29) is 12.7 Å². The average molecular weight is 425 g/mol. The average Bonchev–Trinajstić information content (AvgIpc) is 3.31. The second kappa shape index (κ2) is 8.77. The summed E-state index contributed by atoms with van der Waals surface area (Å²) in [5.74, 6) is 2.91. The number of ether oxygens (including phenoxy) is 3. The van der Waals surface area contributed by atoms with Crippen molar-refractivity contribution in [2.45, 2.75) is 6.54 Å². The maximum atomic E-state index is 12.5. The van der Waals surface area contributed by atoms with Crippen LogP contribution in [-0.4, -0.2) is 22.7 Å². The molecular weight excluding hydrogens is 406 g/mol. The van der Waals surface area contributed by atoms with Gasteiger partial charge in [-0.25, -0.2) is 4.98 Å². The van der Waals surface area contributed by atoms with Gasteiger partial charge < -0.3 is 19.5 Å². The lowest BCUT2D eigenvalue weighted by Crippen LogP contribution is -2.22. The molecule has 3 aromatic carbocycles. The van der Waals surface area contributed by atoms with Crippen LogP contribution in [0.3, 0.4) is 0 Å². The SMILES string of the molecule is O=C(NCc1ccc2c(c1)OCO2)c1ccc(-c2nccc(Oc3ccccc3)n2)cc1. The highest BCUT2D eigenvalue weighted by Gasteiger charge is 2.14. The summed E-state index contributed by atoms with van der Waals surface area (Å²) in [5, 5.41) is 2.92. The summed E-state index contributed by atoms with van der Waals surface area (Å²) in [7, 11) is 0. The highest BCUT2D eigenvalue weighted by molar-refractivity contribution is 5.94. The van der Waals surface area contributed by atoms with Crippen molar-refractivity contribution in [3.05, 3.63) is 96.2 Å². The Balaban J connectivity index is 1.24. The minimum atomic E-state index is -0.170. The molecule has 4 aromatic rings. The Bertz CT molecular complexity index is 1240. The van der Waals surface area contributed by atoms with E-state index in [1.807, 2.05) is 60.7 Å². The number of nitrogens with one attached hydrogen (secondary N) is 1. The molecule has 1 aliphatic heterocycles. The third-order valence-electron chi connectivity index (χ3n) is 4.89. The number of para-hydroxylation sites is 1. The molecule has 0 saturated carbocycles. The molecule has 0 saturated heterocycles. The van der Waals surface area contributed by atoms with Gasteiger partial charge in [-0.1, -0.05) is 36.4 Å². The molecule has 1 N–H and O–H groups in total. The lowest BCUT2D eigenvalue weighted by molar-refractivity contribution is 0.0951. The molecule has 7 heteroatoms. The fourth-order valence-corrected chi connectivity index (χ4v) is 3.25. The Morgan fingerprint density at radius 2 is 1.75 bits per heavy atom. The molecule has 32 heavy (non-hydrogen) atoms. The molecule has 0 spiro atoms. The zero-order valence-corrected chi connectivity index (χ0v) is 17.0. The number of nitrogens with zero attached hydrogens (tertiary/aromatic N) is 2. The molecule has 0 atom stereocenters. The zero-order valence-electron chi connectivity index (χ0n) is 17.0. The van der Waals surface area contributed by atoms with Crippen LogP contribution < -0.4 is 19.5 Å². The van der Waals surface area contributed by atoms with Gasteiger partial charge in [0.25, 0.3) is 5.91 Å². The first kappa shape index (κ1) is 19.6. The number of carbonyl (C=O) groups is 1. The third kappa shape index (κ3) is 4.37. The highest BCUT2D eigenvalue weighted by Crippen LogP contribution is 2.32. The van der Waals surface area contributed by atoms with Gasteiger partial charge in [0.2, 0.25) is 12.7 Å². The molecule has 1 amide bonds. The minimum absolute atomic E-state index is 0.170. The van der Waals surface area contributed by atoms with Crippen LogP contribution in [0, 0.1) is 0 Å². The van der Waals surface area contributed by atoms with E-state index in [1.165, 1.54) is 0 Å². The molecular formula is C25H19N3O4. The van der Waals surface area contributed by atoms with Crippen molar-refractivity contribution in [1.29, 1.82) is 0 Å². The van der Waals surface area contributed by atoms with E-state index >= 15 is 0 Å². The van der Waals surface area contributed by atoms with Gasteiger partial charge in [-0.05, 0) is 42.0 Å². The Labute approximate surface area is 184 Å². The highest BCUT2D eigenvalue weighted by atomic mass is 16.7. The van der Waals surface area contributed by atoms with Gasteiger partial charge in [-0.2, -0.15) is 4.98 Å². The monoisotopic (exact) mass is 425 g/mol. The number of rotatable bonds is 6. The summed E-state index contributed by atoms with van der Waals surface area (Å²) in [5.41, 5.74) is 2.27. The molecule has 158 valence electrons. The zero-order chi connectivity index (χ0) is 21.8. The predicted octanol–water partition coefficient (Wildman–Crippen LogP) is 4.59. The van der Waals surface area contributed by atoms with Crippen LogP contribution in [0.15, 0.2) is 85.1 Å². The second-order valence-electron chi connectivity index (χ2n) is 7.08. The van der Waals surface area contributed by atoms with Crippen molar-refractivity contribution in [2.75, 3.05) is 6.79 Å². The summed E-state index contributed by atoms with van der Waals surface area (Å²) in [4.78, 5) is 21.3. The maximum Gasteiger partial charge on any atom is 0.251 e. The van der Waals surface area contributed by atoms with Crippen molar-refractivity contribution in [2.24, 2.45) is 0 Å². The second-order valence-corrected chi connectivity index (χ2v) is 7.08. The van der Waals surface area contributed by atoms with Crippen LogP contribution in [0.5, 0.6) is 23.1 Å². The van der Waals surface area contributed by atoms with Crippen LogP contribution in [0.4, 0.5) is 0 Å². The Kier molecular flexibility index (Phi) is 5.36. The lowest BCUT2D eigenvalue weighted by Gasteiger charge is -2.08. The molecule has 7 nitrogen and oxygen atoms in total. The fraction of sp³-hybridized carbons (Fsp3) is 0.0800. The molecule has 0 fully saturated rings. The maximum absolute atomic E-state index is 12.5. The number of carbonyl (C=O) groups excluding carboxylic acids is 1.